The van der Waals surface area contributed by atoms with Gasteiger partial charge in [0.2, 0.25) is 0 Å². The third kappa shape index (κ3) is 4.03. The van der Waals surface area contributed by atoms with Gasteiger partial charge in [0.25, 0.3) is 11.8 Å². The number of furan rings is 1. The average molecular weight is 480 g/mol. The molecule has 1 N–H and O–H groups in total. The first kappa shape index (κ1) is 20.3. The molecule has 8 nitrogen and oxygen atoms in total. The molecule has 9 heteroatoms. The Morgan fingerprint density at radius 1 is 1.03 bits per heavy atom. The monoisotopic (exact) mass is 479 g/mol. The number of urea groups is 1. The molecule has 0 bridgehead atoms. The van der Waals surface area contributed by atoms with Crippen molar-refractivity contribution in [3.63, 3.8) is 0 Å². The summed E-state index contributed by atoms with van der Waals surface area (Å²) in [7, 11) is 0. The number of nitrogens with zero attached hydrogens (tertiary/aromatic N) is 1. The number of hydrogen-bond donors (Lipinski definition) is 1. The Morgan fingerprint density at radius 3 is 2.55 bits per heavy atom. The Morgan fingerprint density at radius 2 is 1.81 bits per heavy atom. The lowest BCUT2D eigenvalue weighted by Crippen LogP contribution is -2.54. The van der Waals surface area contributed by atoms with Crippen molar-refractivity contribution in [3.05, 3.63) is 82.0 Å². The number of carbonyl (C=O) groups is 4. The largest absolute Gasteiger partial charge is 0.545 e. The number of rotatable bonds is 4. The zero-order valence-electron chi connectivity index (χ0n) is 15.6. The predicted octanol–water partition coefficient (Wildman–Crippen LogP) is 2.74. The SMILES string of the molecule is O=C1NC(=O)N(c2cccc(Br)c2)C(=O)/C1=C\c1ccc(-c2cccc(C(=O)[O-])c2)o1. The molecule has 154 valence electrons. The van der Waals surface area contributed by atoms with E-state index in [1.807, 2.05) is 0 Å². The van der Waals surface area contributed by atoms with Crippen LogP contribution in [0, 0.1) is 0 Å². The number of barbiturate groups is 1. The number of benzene rings is 2. The van der Waals surface area contributed by atoms with E-state index in [1.54, 1.807) is 42.5 Å². The van der Waals surface area contributed by atoms with Gasteiger partial charge in [-0.1, -0.05) is 40.2 Å². The fourth-order valence-corrected chi connectivity index (χ4v) is 3.42. The highest BCUT2D eigenvalue weighted by molar-refractivity contribution is 9.10. The third-order valence-corrected chi connectivity index (χ3v) is 4.96. The molecule has 31 heavy (non-hydrogen) atoms. The summed E-state index contributed by atoms with van der Waals surface area (Å²) in [6.45, 7) is 0. The van der Waals surface area contributed by atoms with Crippen LogP contribution in [0.2, 0.25) is 0 Å². The smallest absolute Gasteiger partial charge is 0.335 e. The summed E-state index contributed by atoms with van der Waals surface area (Å²) >= 11 is 3.28. The van der Waals surface area contributed by atoms with Crippen LogP contribution in [-0.2, 0) is 9.59 Å². The molecule has 0 radical (unpaired) electrons. The van der Waals surface area contributed by atoms with Gasteiger partial charge in [-0.3, -0.25) is 14.9 Å². The first-order valence-electron chi connectivity index (χ1n) is 8.92. The lowest BCUT2D eigenvalue weighted by molar-refractivity contribution is -0.255. The lowest BCUT2D eigenvalue weighted by atomic mass is 10.1. The number of hydrogen-bond acceptors (Lipinski definition) is 6. The van der Waals surface area contributed by atoms with E-state index >= 15 is 0 Å². The fourth-order valence-electron chi connectivity index (χ4n) is 3.03. The van der Waals surface area contributed by atoms with Gasteiger partial charge in [0.05, 0.1) is 11.7 Å². The van der Waals surface area contributed by atoms with E-state index in [9.17, 15) is 24.3 Å². The number of halogens is 1. The maximum Gasteiger partial charge on any atom is 0.335 e. The Bertz CT molecular complexity index is 1280. The van der Waals surface area contributed by atoms with Crippen molar-refractivity contribution in [2.24, 2.45) is 0 Å². The van der Waals surface area contributed by atoms with E-state index < -0.39 is 23.8 Å². The van der Waals surface area contributed by atoms with Gasteiger partial charge < -0.3 is 14.3 Å². The molecule has 0 aliphatic carbocycles. The normalized spacial score (nSPS) is 15.3. The summed E-state index contributed by atoms with van der Waals surface area (Å²) in [4.78, 5) is 49.4. The van der Waals surface area contributed by atoms with Crippen LogP contribution >= 0.6 is 15.9 Å². The average Bonchev–Trinajstić information content (AvgIpc) is 3.20. The van der Waals surface area contributed by atoms with Crippen LogP contribution < -0.4 is 15.3 Å². The molecule has 0 spiro atoms. The summed E-state index contributed by atoms with van der Waals surface area (Å²) in [6.07, 6.45) is 1.22. The van der Waals surface area contributed by atoms with Gasteiger partial charge in [-0.2, -0.15) is 0 Å². The fraction of sp³-hybridized carbons (Fsp3) is 0. The van der Waals surface area contributed by atoms with Crippen LogP contribution in [0.4, 0.5) is 10.5 Å². The Hall–Kier alpha value is -3.98. The first-order valence-corrected chi connectivity index (χ1v) is 9.71. The van der Waals surface area contributed by atoms with Crippen LogP contribution in [0.5, 0.6) is 0 Å². The van der Waals surface area contributed by atoms with Crippen molar-refractivity contribution in [1.82, 2.24) is 5.32 Å². The molecule has 1 aliphatic rings. The molecule has 2 aromatic carbocycles. The Kier molecular flexibility index (Phi) is 5.26. The molecular weight excluding hydrogens is 468 g/mol. The van der Waals surface area contributed by atoms with E-state index in [-0.39, 0.29) is 22.6 Å². The molecule has 1 fully saturated rings. The maximum atomic E-state index is 12.9. The van der Waals surface area contributed by atoms with Gasteiger partial charge in [0, 0.05) is 10.0 Å². The predicted molar refractivity (Wildman–Crippen MR) is 112 cm³/mol. The zero-order chi connectivity index (χ0) is 22.1. The van der Waals surface area contributed by atoms with Crippen LogP contribution in [0.15, 0.2) is 75.1 Å². The molecule has 4 amide bonds. The number of aromatic carboxylic acids is 1. The number of nitrogens with one attached hydrogen (secondary N) is 1. The van der Waals surface area contributed by atoms with Gasteiger partial charge in [0.1, 0.15) is 17.1 Å². The summed E-state index contributed by atoms with van der Waals surface area (Å²) in [5.41, 5.74) is 0.467. The first-order chi connectivity index (χ1) is 14.8. The number of imide groups is 2. The van der Waals surface area contributed by atoms with Crippen molar-refractivity contribution in [2.75, 3.05) is 4.90 Å². The molecular formula is C22H12BrN2O6-. The van der Waals surface area contributed by atoms with Crippen molar-refractivity contribution in [3.8, 4) is 11.3 Å². The molecule has 3 aromatic rings. The molecule has 4 rings (SSSR count). The van der Waals surface area contributed by atoms with E-state index in [1.165, 1.54) is 24.3 Å². The standard InChI is InChI=1S/C22H13BrN2O6/c23-14-5-2-6-15(10-14)25-20(27)17(19(26)24-22(25)30)11-16-7-8-18(31-16)12-3-1-4-13(9-12)21(28)29/h1-11H,(H,28,29)(H,24,26,30)/p-1/b17-11-. The van der Waals surface area contributed by atoms with Crippen LogP contribution in [0.25, 0.3) is 17.4 Å². The quantitative estimate of drug-likeness (QED) is 0.453. The van der Waals surface area contributed by atoms with Crippen LogP contribution in [0.3, 0.4) is 0 Å². The van der Waals surface area contributed by atoms with Crippen LogP contribution in [-0.4, -0.2) is 23.8 Å². The molecule has 1 saturated heterocycles. The van der Waals surface area contributed by atoms with E-state index in [4.69, 9.17) is 4.42 Å². The second kappa shape index (κ2) is 8.04. The summed E-state index contributed by atoms with van der Waals surface area (Å²) in [5, 5.41) is 13.2. The van der Waals surface area contributed by atoms with Crippen molar-refractivity contribution in [2.45, 2.75) is 0 Å². The van der Waals surface area contributed by atoms with Crippen LogP contribution in [0.1, 0.15) is 16.1 Å². The number of carboxylic acids is 1. The Labute approximate surface area is 183 Å². The minimum Gasteiger partial charge on any atom is -0.545 e. The van der Waals surface area contributed by atoms with E-state index in [0.717, 1.165) is 4.90 Å². The topological polar surface area (TPSA) is 120 Å². The number of amides is 4. The summed E-state index contributed by atoms with van der Waals surface area (Å²) in [5.74, 6) is -2.46. The zero-order valence-corrected chi connectivity index (χ0v) is 17.2. The van der Waals surface area contributed by atoms with Crippen molar-refractivity contribution in [1.29, 1.82) is 0 Å². The molecule has 0 unspecified atom stereocenters. The van der Waals surface area contributed by atoms with Gasteiger partial charge >= 0.3 is 6.03 Å². The highest BCUT2D eigenvalue weighted by Crippen LogP contribution is 2.27. The van der Waals surface area contributed by atoms with Gasteiger partial charge in [-0.15, -0.1) is 0 Å². The number of anilines is 1. The third-order valence-electron chi connectivity index (χ3n) is 4.46. The maximum absolute atomic E-state index is 12.9. The highest BCUT2D eigenvalue weighted by Gasteiger charge is 2.37. The molecule has 1 aromatic heterocycles. The molecule has 0 atom stereocenters. The van der Waals surface area contributed by atoms with Gasteiger partial charge in [0.15, 0.2) is 0 Å². The molecule has 2 heterocycles. The summed E-state index contributed by atoms with van der Waals surface area (Å²) < 4.78 is 6.31. The lowest BCUT2D eigenvalue weighted by Gasteiger charge is -2.26. The molecule has 0 saturated carbocycles. The molecule has 1 aliphatic heterocycles. The second-order valence-corrected chi connectivity index (χ2v) is 7.42. The van der Waals surface area contributed by atoms with E-state index in [0.29, 0.717) is 15.8 Å². The van der Waals surface area contributed by atoms with Gasteiger partial charge in [-0.05, 0) is 48.0 Å². The second-order valence-electron chi connectivity index (χ2n) is 6.51. The number of carbonyl (C=O) groups excluding carboxylic acids is 4. The van der Waals surface area contributed by atoms with Crippen molar-refractivity contribution >= 4 is 51.5 Å². The number of carboxylic acid groups (broad SMARTS) is 1. The van der Waals surface area contributed by atoms with Gasteiger partial charge in [-0.25, -0.2) is 9.69 Å². The van der Waals surface area contributed by atoms with Crippen molar-refractivity contribution < 1.29 is 28.7 Å². The minimum absolute atomic E-state index is 0.0150. The van der Waals surface area contributed by atoms with E-state index in [2.05, 4.69) is 21.2 Å². The summed E-state index contributed by atoms with van der Waals surface area (Å²) in [6, 6.07) is 14.7. The minimum atomic E-state index is -1.32. The highest BCUT2D eigenvalue weighted by atomic mass is 79.9. The Balaban J connectivity index is 1.67.